The molecular formula is C34H44N2O6. The highest BCUT2D eigenvalue weighted by atomic mass is 16.5. The number of aryl methyl sites for hydroxylation is 2. The van der Waals surface area contributed by atoms with Crippen molar-refractivity contribution in [1.82, 2.24) is 4.98 Å². The van der Waals surface area contributed by atoms with Crippen molar-refractivity contribution in [1.29, 1.82) is 0 Å². The summed E-state index contributed by atoms with van der Waals surface area (Å²) in [5.41, 5.74) is 3.79. The van der Waals surface area contributed by atoms with Crippen LogP contribution in [0.15, 0.2) is 65.6 Å². The molecule has 2 N–H and O–H groups in total. The van der Waals surface area contributed by atoms with Gasteiger partial charge in [0.15, 0.2) is 5.89 Å². The molecule has 0 aliphatic rings. The number of aromatic nitrogens is 1. The summed E-state index contributed by atoms with van der Waals surface area (Å²) < 4.78 is 12.2. The first-order valence-electron chi connectivity index (χ1n) is 14.4. The molecule has 0 radical (unpaired) electrons. The van der Waals surface area contributed by atoms with Gasteiger partial charge in [0.2, 0.25) is 0 Å². The second kappa shape index (κ2) is 14.9. The molecule has 1 aromatic heterocycles. The molecule has 0 unspecified atom stereocenters. The van der Waals surface area contributed by atoms with Crippen LogP contribution >= 0.6 is 0 Å². The van der Waals surface area contributed by atoms with Crippen LogP contribution in [-0.4, -0.2) is 52.9 Å². The lowest BCUT2D eigenvalue weighted by Crippen LogP contribution is -2.47. The van der Waals surface area contributed by atoms with Crippen molar-refractivity contribution < 1.29 is 29.0 Å². The third kappa shape index (κ3) is 9.13. The summed E-state index contributed by atoms with van der Waals surface area (Å²) in [6.45, 7) is 14.1. The Labute approximate surface area is 249 Å². The number of aliphatic hydroxyl groups excluding tert-OH is 1. The van der Waals surface area contributed by atoms with Crippen molar-refractivity contribution >= 4 is 17.6 Å². The van der Waals surface area contributed by atoms with Crippen LogP contribution in [0.4, 0.5) is 5.69 Å². The predicted molar refractivity (Wildman–Crippen MR) is 164 cm³/mol. The van der Waals surface area contributed by atoms with Crippen molar-refractivity contribution in [3.63, 3.8) is 0 Å². The van der Waals surface area contributed by atoms with E-state index in [1.54, 1.807) is 11.0 Å². The lowest BCUT2D eigenvalue weighted by molar-refractivity contribution is -0.136. The van der Waals surface area contributed by atoms with Gasteiger partial charge >= 0.3 is 5.97 Å². The largest absolute Gasteiger partial charge is 0.481 e. The Balaban J connectivity index is 2.03. The fraction of sp³-hybridized carbons (Fsp3) is 0.441. The number of carbonyl (C=O) groups is 2. The lowest BCUT2D eigenvalue weighted by Gasteiger charge is -2.35. The van der Waals surface area contributed by atoms with E-state index in [1.807, 2.05) is 77.1 Å². The summed E-state index contributed by atoms with van der Waals surface area (Å²) in [6.07, 6.45) is 1.63. The van der Waals surface area contributed by atoms with Gasteiger partial charge < -0.3 is 24.3 Å². The number of benzene rings is 2. The molecule has 0 aliphatic heterocycles. The van der Waals surface area contributed by atoms with E-state index in [9.17, 15) is 19.8 Å². The number of anilines is 1. The zero-order chi connectivity index (χ0) is 30.9. The summed E-state index contributed by atoms with van der Waals surface area (Å²) in [7, 11) is 0. The topological polar surface area (TPSA) is 113 Å². The molecule has 0 bridgehead atoms. The molecule has 8 nitrogen and oxygen atoms in total. The number of oxazole rings is 1. The van der Waals surface area contributed by atoms with Crippen LogP contribution in [0, 0.1) is 18.3 Å². The molecule has 1 amide bonds. The van der Waals surface area contributed by atoms with Gasteiger partial charge in [-0.2, -0.15) is 0 Å². The van der Waals surface area contributed by atoms with Crippen LogP contribution in [0.3, 0.4) is 0 Å². The highest BCUT2D eigenvalue weighted by Gasteiger charge is 2.34. The van der Waals surface area contributed by atoms with E-state index in [0.29, 0.717) is 12.1 Å². The van der Waals surface area contributed by atoms with E-state index >= 15 is 0 Å². The van der Waals surface area contributed by atoms with Crippen LogP contribution in [0.2, 0.25) is 0 Å². The van der Waals surface area contributed by atoms with Crippen molar-refractivity contribution in [2.24, 2.45) is 11.3 Å². The van der Waals surface area contributed by atoms with Crippen molar-refractivity contribution in [2.45, 2.75) is 66.4 Å². The first-order valence-corrected chi connectivity index (χ1v) is 14.4. The van der Waals surface area contributed by atoms with Gasteiger partial charge in [0.25, 0.3) is 5.91 Å². The van der Waals surface area contributed by atoms with Crippen molar-refractivity contribution in [3.05, 3.63) is 95.2 Å². The monoisotopic (exact) mass is 576 g/mol. The fourth-order valence-corrected chi connectivity index (χ4v) is 4.63. The molecule has 1 heterocycles. The van der Waals surface area contributed by atoms with Crippen molar-refractivity contribution in [3.8, 4) is 0 Å². The average Bonchev–Trinajstić information content (AvgIpc) is 3.33. The second-order valence-corrected chi connectivity index (χ2v) is 11.7. The normalized spacial score (nSPS) is 13.0. The first-order chi connectivity index (χ1) is 20.0. The average molecular weight is 577 g/mol. The Bertz CT molecular complexity index is 1350. The third-order valence-corrected chi connectivity index (χ3v) is 7.13. The SMILES string of the molecule is C=C[C@@H](C)CO[C@H](Cc1nc(Cc2ccccc2)c(CC(=O)O)o1)C(=O)N(CC(C)(C)CO)c1ccc(C)cc1CC. The van der Waals surface area contributed by atoms with Gasteiger partial charge in [-0.25, -0.2) is 4.98 Å². The minimum absolute atomic E-state index is 0.00557. The van der Waals surface area contributed by atoms with Gasteiger partial charge in [-0.05, 0) is 36.5 Å². The Hall–Kier alpha value is -3.75. The van der Waals surface area contributed by atoms with Crippen LogP contribution in [0.5, 0.6) is 0 Å². The maximum Gasteiger partial charge on any atom is 0.311 e. The van der Waals surface area contributed by atoms with Crippen molar-refractivity contribution in [2.75, 3.05) is 24.7 Å². The second-order valence-electron chi connectivity index (χ2n) is 11.7. The fourth-order valence-electron chi connectivity index (χ4n) is 4.63. The number of aliphatic hydroxyl groups is 1. The standard InChI is InChI=1S/C34H44N2O6/c1-7-23(3)20-41-30(18-31-35-27(29(42-31)19-32(38)39)17-25-12-10-9-11-13-25)33(40)36(21-34(5,6)22-37)28-15-14-24(4)16-26(28)8-2/h7,9-16,23,30,37H,1,8,17-22H2,2-6H3,(H,38,39)/t23-,30-/m1/s1. The van der Waals surface area contributed by atoms with E-state index in [0.717, 1.165) is 28.8 Å². The highest BCUT2D eigenvalue weighted by molar-refractivity contribution is 5.97. The Morgan fingerprint density at radius 2 is 1.90 bits per heavy atom. The molecule has 226 valence electrons. The third-order valence-electron chi connectivity index (χ3n) is 7.13. The Kier molecular flexibility index (Phi) is 11.6. The molecule has 8 heteroatoms. The molecule has 3 aromatic rings. The van der Waals surface area contributed by atoms with E-state index in [1.165, 1.54) is 0 Å². The number of carboxylic acid groups (broad SMARTS) is 1. The molecule has 2 atom stereocenters. The number of carboxylic acids is 1. The van der Waals surface area contributed by atoms with Gasteiger partial charge in [-0.15, -0.1) is 6.58 Å². The number of amides is 1. The van der Waals surface area contributed by atoms with E-state index in [4.69, 9.17) is 9.15 Å². The number of carbonyl (C=O) groups excluding carboxylic acids is 1. The maximum absolute atomic E-state index is 14.4. The van der Waals surface area contributed by atoms with Gasteiger partial charge in [0, 0.05) is 30.7 Å². The summed E-state index contributed by atoms with van der Waals surface area (Å²) >= 11 is 0. The zero-order valence-corrected chi connectivity index (χ0v) is 25.4. The number of rotatable bonds is 16. The summed E-state index contributed by atoms with van der Waals surface area (Å²) in [6, 6.07) is 15.6. The Morgan fingerprint density at radius 3 is 2.52 bits per heavy atom. The van der Waals surface area contributed by atoms with Crippen LogP contribution < -0.4 is 4.90 Å². The minimum Gasteiger partial charge on any atom is -0.481 e. The quantitative estimate of drug-likeness (QED) is 0.215. The van der Waals surface area contributed by atoms with Gasteiger partial charge in [0.1, 0.15) is 18.3 Å². The first kappa shape index (κ1) is 32.8. The van der Waals surface area contributed by atoms with E-state index in [-0.39, 0.29) is 56.1 Å². The minimum atomic E-state index is -1.03. The summed E-state index contributed by atoms with van der Waals surface area (Å²) in [5.74, 6) is -0.817. The van der Waals surface area contributed by atoms with Gasteiger partial charge in [-0.1, -0.05) is 81.8 Å². The molecule has 0 saturated carbocycles. The molecule has 0 saturated heterocycles. The number of aliphatic carboxylic acids is 1. The number of nitrogens with zero attached hydrogens (tertiary/aromatic N) is 2. The molecule has 0 aliphatic carbocycles. The molecule has 0 fully saturated rings. The number of ether oxygens (including phenoxy) is 1. The van der Waals surface area contributed by atoms with Gasteiger partial charge in [0.05, 0.1) is 18.7 Å². The number of hydrogen-bond donors (Lipinski definition) is 2. The summed E-state index contributed by atoms with van der Waals surface area (Å²) in [5, 5.41) is 19.6. The molecular weight excluding hydrogens is 532 g/mol. The highest BCUT2D eigenvalue weighted by Crippen LogP contribution is 2.29. The van der Waals surface area contributed by atoms with Crippen LogP contribution in [0.1, 0.15) is 61.7 Å². The number of hydrogen-bond acceptors (Lipinski definition) is 6. The Morgan fingerprint density at radius 1 is 1.19 bits per heavy atom. The lowest BCUT2D eigenvalue weighted by atomic mass is 9.92. The zero-order valence-electron chi connectivity index (χ0n) is 25.4. The molecule has 3 rings (SSSR count). The molecule has 0 spiro atoms. The van der Waals surface area contributed by atoms with E-state index in [2.05, 4.69) is 17.6 Å². The van der Waals surface area contributed by atoms with Crippen LogP contribution in [0.25, 0.3) is 0 Å². The smallest absolute Gasteiger partial charge is 0.311 e. The molecule has 2 aromatic carbocycles. The maximum atomic E-state index is 14.4. The van der Waals surface area contributed by atoms with Gasteiger partial charge in [-0.3, -0.25) is 9.59 Å². The molecule has 42 heavy (non-hydrogen) atoms. The van der Waals surface area contributed by atoms with Crippen LogP contribution in [-0.2, 0) is 40.0 Å². The van der Waals surface area contributed by atoms with E-state index < -0.39 is 17.5 Å². The predicted octanol–water partition coefficient (Wildman–Crippen LogP) is 5.56. The summed E-state index contributed by atoms with van der Waals surface area (Å²) in [4.78, 5) is 32.4.